The van der Waals surface area contributed by atoms with Crippen molar-refractivity contribution in [2.24, 2.45) is 5.84 Å². The Hall–Kier alpha value is -0.610. The first-order valence-electron chi connectivity index (χ1n) is 5.61. The lowest BCUT2D eigenvalue weighted by atomic mass is 10.1. The third kappa shape index (κ3) is 3.76. The lowest BCUT2D eigenvalue weighted by Crippen LogP contribution is -2.47. The van der Waals surface area contributed by atoms with E-state index in [2.05, 4.69) is 40.7 Å². The summed E-state index contributed by atoms with van der Waals surface area (Å²) >= 11 is 0. The fourth-order valence-corrected chi connectivity index (χ4v) is 2.18. The number of hydrazine groups is 1. The van der Waals surface area contributed by atoms with E-state index < -0.39 is 0 Å². The number of hydrogen-bond donors (Lipinski definition) is 2. The van der Waals surface area contributed by atoms with Gasteiger partial charge in [-0.15, -0.1) is 12.4 Å². The smallest absolute Gasteiger partial charge is 0.0338 e. The Kier molecular flexibility index (Phi) is 5.77. The van der Waals surface area contributed by atoms with Gasteiger partial charge in [0.15, 0.2) is 0 Å². The van der Waals surface area contributed by atoms with Gasteiger partial charge in [-0.3, -0.25) is 16.2 Å². The van der Waals surface area contributed by atoms with Crippen LogP contribution in [0.2, 0.25) is 0 Å². The summed E-state index contributed by atoms with van der Waals surface area (Å²) in [4.78, 5) is 2.46. The molecule has 1 aromatic carbocycles. The van der Waals surface area contributed by atoms with Gasteiger partial charge in [0.05, 0.1) is 0 Å². The predicted octanol–water partition coefficient (Wildman–Crippen LogP) is 1.54. The molecule has 1 atom stereocenters. The highest BCUT2D eigenvalue weighted by Crippen LogP contribution is 2.12. The molecule has 1 saturated heterocycles. The van der Waals surface area contributed by atoms with Crippen molar-refractivity contribution in [3.05, 3.63) is 35.9 Å². The Balaban J connectivity index is 0.00000128. The lowest BCUT2D eigenvalue weighted by molar-refractivity contribution is 0.184. The van der Waals surface area contributed by atoms with E-state index >= 15 is 0 Å². The molecule has 0 amide bonds. The maximum atomic E-state index is 5.48. The zero-order valence-corrected chi connectivity index (χ0v) is 10.2. The summed E-state index contributed by atoms with van der Waals surface area (Å²) in [6, 6.07) is 11.1. The van der Waals surface area contributed by atoms with E-state index in [4.69, 9.17) is 5.84 Å². The molecule has 0 aliphatic carbocycles. The molecule has 16 heavy (non-hydrogen) atoms. The molecule has 1 unspecified atom stereocenters. The first-order chi connectivity index (χ1) is 7.38. The average molecular weight is 242 g/mol. The van der Waals surface area contributed by atoms with Crippen LogP contribution in [0.5, 0.6) is 0 Å². The molecule has 1 fully saturated rings. The van der Waals surface area contributed by atoms with Gasteiger partial charge in [0.1, 0.15) is 0 Å². The number of nitrogens with zero attached hydrogens (tertiary/aromatic N) is 1. The zero-order valence-electron chi connectivity index (χ0n) is 9.43. The van der Waals surface area contributed by atoms with Crippen LogP contribution < -0.4 is 11.3 Å². The Morgan fingerprint density at radius 1 is 1.31 bits per heavy atom. The minimum absolute atomic E-state index is 0. The molecule has 1 aliphatic rings. The van der Waals surface area contributed by atoms with E-state index in [0.29, 0.717) is 6.04 Å². The molecule has 0 radical (unpaired) electrons. The molecule has 0 spiro atoms. The van der Waals surface area contributed by atoms with Gasteiger partial charge in [-0.1, -0.05) is 30.3 Å². The predicted molar refractivity (Wildman–Crippen MR) is 69.3 cm³/mol. The van der Waals surface area contributed by atoms with E-state index in [9.17, 15) is 0 Å². The van der Waals surface area contributed by atoms with Crippen LogP contribution in [0.4, 0.5) is 0 Å². The number of nitrogens with two attached hydrogens (primary N) is 1. The Labute approximate surface area is 103 Å². The quantitative estimate of drug-likeness (QED) is 0.623. The number of likely N-dealkylation sites (tertiary alicyclic amines) is 1. The van der Waals surface area contributed by atoms with Crippen LogP contribution >= 0.6 is 12.4 Å². The normalized spacial score (nSPS) is 21.4. The second-order valence-electron chi connectivity index (χ2n) is 4.23. The Morgan fingerprint density at radius 2 is 2.06 bits per heavy atom. The largest absolute Gasteiger partial charge is 0.297 e. The van der Waals surface area contributed by atoms with Gasteiger partial charge in [-0.2, -0.15) is 0 Å². The van der Waals surface area contributed by atoms with E-state index in [1.165, 1.54) is 24.9 Å². The van der Waals surface area contributed by atoms with Crippen molar-refractivity contribution < 1.29 is 0 Å². The standard InChI is InChI=1S/C12H19N3.ClH/c13-14-12-7-4-8-15(10-12)9-11-5-2-1-3-6-11;/h1-3,5-6,12,14H,4,7-10,13H2;1H. The lowest BCUT2D eigenvalue weighted by Gasteiger charge is -2.32. The van der Waals surface area contributed by atoms with Crippen molar-refractivity contribution in [2.45, 2.75) is 25.4 Å². The highest BCUT2D eigenvalue weighted by Gasteiger charge is 2.18. The summed E-state index contributed by atoms with van der Waals surface area (Å²) in [7, 11) is 0. The van der Waals surface area contributed by atoms with Crippen LogP contribution in [0.25, 0.3) is 0 Å². The monoisotopic (exact) mass is 241 g/mol. The molecule has 1 aliphatic heterocycles. The number of rotatable bonds is 3. The third-order valence-corrected chi connectivity index (χ3v) is 2.99. The van der Waals surface area contributed by atoms with Crippen molar-refractivity contribution in [2.75, 3.05) is 13.1 Å². The molecule has 4 heteroatoms. The molecule has 3 nitrogen and oxygen atoms in total. The first-order valence-corrected chi connectivity index (χ1v) is 5.61. The highest BCUT2D eigenvalue weighted by atomic mass is 35.5. The second-order valence-corrected chi connectivity index (χ2v) is 4.23. The minimum atomic E-state index is 0. The van der Waals surface area contributed by atoms with Gasteiger partial charge in [-0.25, -0.2) is 0 Å². The van der Waals surface area contributed by atoms with Crippen molar-refractivity contribution in [3.8, 4) is 0 Å². The van der Waals surface area contributed by atoms with Gasteiger partial charge in [-0.05, 0) is 24.9 Å². The Morgan fingerprint density at radius 3 is 2.75 bits per heavy atom. The van der Waals surface area contributed by atoms with Gasteiger partial charge in [0, 0.05) is 19.1 Å². The molecular formula is C12H20ClN3. The first kappa shape index (κ1) is 13.5. The van der Waals surface area contributed by atoms with E-state index in [-0.39, 0.29) is 12.4 Å². The van der Waals surface area contributed by atoms with Gasteiger partial charge >= 0.3 is 0 Å². The summed E-state index contributed by atoms with van der Waals surface area (Å²) < 4.78 is 0. The molecule has 1 heterocycles. The second kappa shape index (κ2) is 6.86. The highest BCUT2D eigenvalue weighted by molar-refractivity contribution is 5.85. The summed E-state index contributed by atoms with van der Waals surface area (Å²) in [6.07, 6.45) is 2.43. The third-order valence-electron chi connectivity index (χ3n) is 2.99. The number of halogens is 1. The maximum absolute atomic E-state index is 5.48. The van der Waals surface area contributed by atoms with Crippen LogP contribution in [-0.2, 0) is 6.54 Å². The summed E-state index contributed by atoms with van der Waals surface area (Å²) in [5.41, 5.74) is 4.26. The molecular weight excluding hydrogens is 222 g/mol. The van der Waals surface area contributed by atoms with Gasteiger partial charge in [0.2, 0.25) is 0 Å². The number of benzene rings is 1. The van der Waals surface area contributed by atoms with Gasteiger partial charge in [0.25, 0.3) is 0 Å². The van der Waals surface area contributed by atoms with E-state index in [0.717, 1.165) is 13.1 Å². The topological polar surface area (TPSA) is 41.3 Å². The molecule has 2 rings (SSSR count). The van der Waals surface area contributed by atoms with Crippen molar-refractivity contribution in [1.82, 2.24) is 10.3 Å². The van der Waals surface area contributed by atoms with Crippen molar-refractivity contribution >= 4 is 12.4 Å². The zero-order chi connectivity index (χ0) is 10.5. The molecule has 0 saturated carbocycles. The number of hydrogen-bond acceptors (Lipinski definition) is 3. The van der Waals surface area contributed by atoms with E-state index in [1.807, 2.05) is 0 Å². The van der Waals surface area contributed by atoms with E-state index in [1.54, 1.807) is 0 Å². The fourth-order valence-electron chi connectivity index (χ4n) is 2.18. The summed E-state index contributed by atoms with van der Waals surface area (Å²) in [5.74, 6) is 5.48. The van der Waals surface area contributed by atoms with Crippen LogP contribution in [0.15, 0.2) is 30.3 Å². The Bertz CT molecular complexity index is 292. The van der Waals surface area contributed by atoms with Crippen LogP contribution in [-0.4, -0.2) is 24.0 Å². The SMILES string of the molecule is Cl.NNC1CCCN(Cc2ccccc2)C1. The van der Waals surface area contributed by atoms with Crippen LogP contribution in [0, 0.1) is 0 Å². The minimum Gasteiger partial charge on any atom is -0.297 e. The summed E-state index contributed by atoms with van der Waals surface area (Å²) in [5, 5.41) is 0. The molecule has 1 aromatic rings. The molecule has 90 valence electrons. The number of nitrogens with one attached hydrogen (secondary N) is 1. The summed E-state index contributed by atoms with van der Waals surface area (Å²) in [6.45, 7) is 3.29. The maximum Gasteiger partial charge on any atom is 0.0338 e. The molecule has 3 N–H and O–H groups in total. The van der Waals surface area contributed by atoms with Crippen LogP contribution in [0.1, 0.15) is 18.4 Å². The van der Waals surface area contributed by atoms with Gasteiger partial charge < -0.3 is 0 Å². The van der Waals surface area contributed by atoms with Crippen molar-refractivity contribution in [1.29, 1.82) is 0 Å². The molecule has 0 aromatic heterocycles. The van der Waals surface area contributed by atoms with Crippen LogP contribution in [0.3, 0.4) is 0 Å². The fraction of sp³-hybridized carbons (Fsp3) is 0.500. The average Bonchev–Trinajstić information content (AvgIpc) is 2.31. The van der Waals surface area contributed by atoms with Crippen molar-refractivity contribution in [3.63, 3.8) is 0 Å². The number of piperidine rings is 1. The molecule has 0 bridgehead atoms.